The van der Waals surface area contributed by atoms with Crippen LogP contribution in [-0.4, -0.2) is 26.4 Å². The predicted molar refractivity (Wildman–Crippen MR) is 57.2 cm³/mol. The van der Waals surface area contributed by atoms with E-state index in [9.17, 15) is 0 Å². The highest BCUT2D eigenvalue weighted by Crippen LogP contribution is 2.08. The molecule has 0 aliphatic heterocycles. The molecule has 1 heterocycles. The number of nitrogens with one attached hydrogen (secondary N) is 1. The van der Waals surface area contributed by atoms with Gasteiger partial charge in [0.15, 0.2) is 5.82 Å². The molecule has 0 radical (unpaired) electrons. The zero-order valence-corrected chi connectivity index (χ0v) is 9.70. The van der Waals surface area contributed by atoms with Crippen molar-refractivity contribution in [3.05, 3.63) is 11.6 Å². The van der Waals surface area contributed by atoms with Crippen molar-refractivity contribution >= 4 is 0 Å². The molecule has 1 unspecified atom stereocenters. The van der Waals surface area contributed by atoms with Gasteiger partial charge in [0.05, 0.1) is 6.10 Å². The molecule has 0 saturated carbocycles. The van der Waals surface area contributed by atoms with Crippen molar-refractivity contribution in [2.24, 2.45) is 0 Å². The minimum Gasteiger partial charge on any atom is -0.393 e. The number of H-pyrrole nitrogens is 1. The van der Waals surface area contributed by atoms with Crippen LogP contribution in [0.2, 0.25) is 0 Å². The number of rotatable bonds is 3. The summed E-state index contributed by atoms with van der Waals surface area (Å²) in [6.45, 7) is 9.81. The Morgan fingerprint density at radius 1 is 1.29 bits per heavy atom. The van der Waals surface area contributed by atoms with Crippen LogP contribution in [0.1, 0.15) is 52.2 Å². The molecule has 0 bridgehead atoms. The Bertz CT molecular complexity index is 243. The lowest BCUT2D eigenvalue weighted by atomic mass is 10.2. The van der Waals surface area contributed by atoms with Crippen LogP contribution in [0.25, 0.3) is 0 Å². The molecule has 0 saturated heterocycles. The molecule has 0 amide bonds. The molecule has 0 aliphatic carbocycles. The van der Waals surface area contributed by atoms with E-state index in [1.807, 2.05) is 27.7 Å². The number of aliphatic hydroxyl groups excluding tert-OH is 1. The first-order valence-corrected chi connectivity index (χ1v) is 5.19. The van der Waals surface area contributed by atoms with Crippen LogP contribution >= 0.6 is 0 Å². The van der Waals surface area contributed by atoms with Crippen molar-refractivity contribution in [2.45, 2.75) is 53.1 Å². The normalized spacial score (nSPS) is 12.2. The summed E-state index contributed by atoms with van der Waals surface area (Å²) in [6.07, 6.45) is 0.178. The van der Waals surface area contributed by atoms with Gasteiger partial charge in [0, 0.05) is 12.3 Å². The fourth-order valence-electron chi connectivity index (χ4n) is 0.939. The highest BCUT2D eigenvalue weighted by Gasteiger charge is 2.07. The van der Waals surface area contributed by atoms with Gasteiger partial charge in [-0.25, -0.2) is 4.98 Å². The fourth-order valence-corrected chi connectivity index (χ4v) is 0.939. The van der Waals surface area contributed by atoms with Gasteiger partial charge in [0.25, 0.3) is 0 Å². The van der Waals surface area contributed by atoms with E-state index < -0.39 is 0 Å². The molecule has 0 fully saturated rings. The van der Waals surface area contributed by atoms with Crippen LogP contribution in [0, 0.1) is 0 Å². The van der Waals surface area contributed by atoms with Crippen LogP contribution in [0.3, 0.4) is 0 Å². The Labute approximate surface area is 85.8 Å². The van der Waals surface area contributed by atoms with E-state index in [1.54, 1.807) is 6.92 Å². The Balaban J connectivity index is 0.000000791. The lowest BCUT2D eigenvalue weighted by molar-refractivity contribution is 0.193. The summed E-state index contributed by atoms with van der Waals surface area (Å²) in [5.74, 6) is 1.91. The fraction of sp³-hybridized carbons (Fsp3) is 0.800. The lowest BCUT2D eigenvalue weighted by Gasteiger charge is -1.98. The molecule has 2 N–H and O–H groups in total. The van der Waals surface area contributed by atoms with Gasteiger partial charge in [-0.05, 0) is 6.92 Å². The summed E-state index contributed by atoms with van der Waals surface area (Å²) in [7, 11) is 0. The Morgan fingerprint density at radius 3 is 2.21 bits per heavy atom. The smallest absolute Gasteiger partial charge is 0.153 e. The van der Waals surface area contributed by atoms with Crippen molar-refractivity contribution in [3.8, 4) is 0 Å². The van der Waals surface area contributed by atoms with Gasteiger partial charge in [0.1, 0.15) is 5.82 Å². The summed E-state index contributed by atoms with van der Waals surface area (Å²) in [6, 6.07) is 0. The van der Waals surface area contributed by atoms with E-state index >= 15 is 0 Å². The number of hydrogen-bond acceptors (Lipinski definition) is 3. The molecule has 0 aliphatic rings. The SMILES string of the molecule is CC.CC(O)Cc1nc(C(C)C)n[nH]1. The molecule has 0 spiro atoms. The molecule has 1 aromatic rings. The zero-order valence-electron chi connectivity index (χ0n) is 9.70. The first kappa shape index (κ1) is 13.1. The lowest BCUT2D eigenvalue weighted by Crippen LogP contribution is -2.05. The predicted octanol–water partition coefficient (Wildman–Crippen LogP) is 1.88. The Hall–Kier alpha value is -0.900. The van der Waals surface area contributed by atoms with Gasteiger partial charge >= 0.3 is 0 Å². The molecule has 1 atom stereocenters. The third-order valence-electron chi connectivity index (χ3n) is 1.55. The van der Waals surface area contributed by atoms with E-state index in [1.165, 1.54) is 0 Å². The Kier molecular flexibility index (Phi) is 6.12. The minimum absolute atomic E-state index is 0.337. The summed E-state index contributed by atoms with van der Waals surface area (Å²) in [5.41, 5.74) is 0. The van der Waals surface area contributed by atoms with E-state index in [-0.39, 0.29) is 6.10 Å². The van der Waals surface area contributed by atoms with Gasteiger partial charge in [-0.2, -0.15) is 5.10 Å². The first-order valence-electron chi connectivity index (χ1n) is 5.19. The molecular formula is C10H21N3O. The Morgan fingerprint density at radius 2 is 1.86 bits per heavy atom. The van der Waals surface area contributed by atoms with E-state index in [2.05, 4.69) is 15.2 Å². The third kappa shape index (κ3) is 4.37. The van der Waals surface area contributed by atoms with Crippen LogP contribution in [0.15, 0.2) is 0 Å². The second kappa shape index (κ2) is 6.54. The number of aliphatic hydroxyl groups is 1. The van der Waals surface area contributed by atoms with Gasteiger partial charge in [-0.3, -0.25) is 5.10 Å². The molecule has 4 nitrogen and oxygen atoms in total. The zero-order chi connectivity index (χ0) is 11.1. The average Bonchev–Trinajstić information content (AvgIpc) is 2.55. The second-order valence-corrected chi connectivity index (χ2v) is 3.35. The molecule has 14 heavy (non-hydrogen) atoms. The summed E-state index contributed by atoms with van der Waals surface area (Å²) in [5, 5.41) is 15.9. The van der Waals surface area contributed by atoms with E-state index in [4.69, 9.17) is 5.11 Å². The standard InChI is InChI=1S/C8H15N3O.C2H6/c1-5(2)8-9-7(10-11-8)4-6(3)12;1-2/h5-6,12H,4H2,1-3H3,(H,9,10,11);1-2H3. The van der Waals surface area contributed by atoms with Crippen molar-refractivity contribution in [3.63, 3.8) is 0 Å². The maximum absolute atomic E-state index is 9.07. The average molecular weight is 199 g/mol. The van der Waals surface area contributed by atoms with Crippen LogP contribution in [0.4, 0.5) is 0 Å². The molecule has 0 aromatic carbocycles. The summed E-state index contributed by atoms with van der Waals surface area (Å²) >= 11 is 0. The maximum Gasteiger partial charge on any atom is 0.153 e. The molecule has 1 rings (SSSR count). The number of nitrogens with zero attached hydrogens (tertiary/aromatic N) is 2. The highest BCUT2D eigenvalue weighted by atomic mass is 16.3. The van der Waals surface area contributed by atoms with Gasteiger partial charge in [0.2, 0.25) is 0 Å². The molecule has 1 aromatic heterocycles. The topological polar surface area (TPSA) is 61.8 Å². The number of aromatic amines is 1. The summed E-state index contributed by atoms with van der Waals surface area (Å²) < 4.78 is 0. The van der Waals surface area contributed by atoms with Crippen molar-refractivity contribution in [1.29, 1.82) is 0 Å². The second-order valence-electron chi connectivity index (χ2n) is 3.35. The summed E-state index contributed by atoms with van der Waals surface area (Å²) in [4.78, 5) is 4.22. The van der Waals surface area contributed by atoms with Crippen molar-refractivity contribution in [2.75, 3.05) is 0 Å². The first-order chi connectivity index (χ1) is 6.59. The van der Waals surface area contributed by atoms with E-state index in [0.717, 1.165) is 11.6 Å². The van der Waals surface area contributed by atoms with E-state index in [0.29, 0.717) is 12.3 Å². The van der Waals surface area contributed by atoms with Crippen LogP contribution in [-0.2, 0) is 6.42 Å². The molecular weight excluding hydrogens is 178 g/mol. The van der Waals surface area contributed by atoms with Gasteiger partial charge < -0.3 is 5.11 Å². The van der Waals surface area contributed by atoms with Crippen molar-refractivity contribution < 1.29 is 5.11 Å². The largest absolute Gasteiger partial charge is 0.393 e. The van der Waals surface area contributed by atoms with Crippen molar-refractivity contribution in [1.82, 2.24) is 15.2 Å². The third-order valence-corrected chi connectivity index (χ3v) is 1.55. The molecule has 82 valence electrons. The van der Waals surface area contributed by atoms with Gasteiger partial charge in [-0.15, -0.1) is 0 Å². The van der Waals surface area contributed by atoms with Crippen LogP contribution in [0.5, 0.6) is 0 Å². The molecule has 4 heteroatoms. The number of aromatic nitrogens is 3. The number of hydrogen-bond donors (Lipinski definition) is 2. The minimum atomic E-state index is -0.363. The maximum atomic E-state index is 9.07. The highest BCUT2D eigenvalue weighted by molar-refractivity contribution is 4.95. The van der Waals surface area contributed by atoms with Gasteiger partial charge in [-0.1, -0.05) is 27.7 Å². The quantitative estimate of drug-likeness (QED) is 0.781. The monoisotopic (exact) mass is 199 g/mol. The van der Waals surface area contributed by atoms with Crippen LogP contribution < -0.4 is 0 Å².